The van der Waals surface area contributed by atoms with Gasteiger partial charge in [0.2, 0.25) is 5.91 Å². The fourth-order valence-corrected chi connectivity index (χ4v) is 4.64. The number of amides is 2. The summed E-state index contributed by atoms with van der Waals surface area (Å²) in [5, 5.41) is 13.0. The third-order valence-corrected chi connectivity index (χ3v) is 6.49. The molecule has 0 aliphatic carbocycles. The van der Waals surface area contributed by atoms with Crippen molar-refractivity contribution in [3.8, 4) is 0 Å². The zero-order chi connectivity index (χ0) is 22.2. The van der Waals surface area contributed by atoms with Gasteiger partial charge in [0, 0.05) is 50.0 Å². The zero-order valence-electron chi connectivity index (χ0n) is 19.2. The van der Waals surface area contributed by atoms with E-state index in [1.54, 1.807) is 0 Å². The number of nitrogens with zero attached hydrogens (tertiary/aromatic N) is 2. The highest BCUT2D eigenvalue weighted by Crippen LogP contribution is 2.27. The molecule has 172 valence electrons. The molecule has 2 aliphatic rings. The molecule has 2 amide bonds. The summed E-state index contributed by atoms with van der Waals surface area (Å²) in [5.41, 5.74) is 2.61. The number of likely N-dealkylation sites (tertiary alicyclic amines) is 1. The highest BCUT2D eigenvalue weighted by Gasteiger charge is 2.26. The quantitative estimate of drug-likeness (QED) is 0.770. The van der Waals surface area contributed by atoms with Gasteiger partial charge in [-0.15, -0.1) is 0 Å². The molecular formula is C25H39N3O3. The van der Waals surface area contributed by atoms with E-state index in [9.17, 15) is 14.7 Å². The van der Waals surface area contributed by atoms with Crippen molar-refractivity contribution < 1.29 is 14.7 Å². The molecule has 1 fully saturated rings. The van der Waals surface area contributed by atoms with Crippen LogP contribution in [-0.4, -0.2) is 54.6 Å². The van der Waals surface area contributed by atoms with Crippen molar-refractivity contribution in [1.29, 1.82) is 0 Å². The van der Waals surface area contributed by atoms with E-state index in [2.05, 4.69) is 5.32 Å². The SMILES string of the molecule is CC(C)C(=O)N1CCCCCCCNCc2cc(C(=O)N3CCCC(CO)C3)ccc21. The van der Waals surface area contributed by atoms with Crippen LogP contribution in [0.1, 0.15) is 74.7 Å². The molecule has 0 aromatic heterocycles. The molecule has 2 heterocycles. The first-order valence-corrected chi connectivity index (χ1v) is 12.1. The number of nitrogens with one attached hydrogen (secondary N) is 1. The molecular weight excluding hydrogens is 390 g/mol. The van der Waals surface area contributed by atoms with Gasteiger partial charge in [0.15, 0.2) is 0 Å². The summed E-state index contributed by atoms with van der Waals surface area (Å²) < 4.78 is 0. The van der Waals surface area contributed by atoms with Crippen LogP contribution < -0.4 is 10.2 Å². The van der Waals surface area contributed by atoms with Crippen molar-refractivity contribution in [2.45, 2.75) is 65.3 Å². The van der Waals surface area contributed by atoms with Crippen molar-refractivity contribution in [3.05, 3.63) is 29.3 Å². The van der Waals surface area contributed by atoms with Gasteiger partial charge in [-0.1, -0.05) is 33.1 Å². The molecule has 3 rings (SSSR count). The van der Waals surface area contributed by atoms with E-state index in [0.717, 1.165) is 63.0 Å². The monoisotopic (exact) mass is 429 g/mol. The highest BCUT2D eigenvalue weighted by molar-refractivity contribution is 5.98. The lowest BCUT2D eigenvalue weighted by molar-refractivity contribution is -0.121. The van der Waals surface area contributed by atoms with E-state index in [1.807, 2.05) is 41.8 Å². The van der Waals surface area contributed by atoms with Crippen LogP contribution in [0.25, 0.3) is 0 Å². The summed E-state index contributed by atoms with van der Waals surface area (Å²) in [6.07, 6.45) is 7.60. The Morgan fingerprint density at radius 3 is 2.65 bits per heavy atom. The Bertz CT molecular complexity index is 750. The molecule has 6 nitrogen and oxygen atoms in total. The number of hydrogen-bond donors (Lipinski definition) is 2. The zero-order valence-corrected chi connectivity index (χ0v) is 19.2. The van der Waals surface area contributed by atoms with E-state index in [0.29, 0.717) is 18.7 Å². The number of carbonyl (C=O) groups excluding carboxylic acids is 2. The molecule has 1 aromatic rings. The maximum Gasteiger partial charge on any atom is 0.253 e. The molecule has 2 N–H and O–H groups in total. The predicted octanol–water partition coefficient (Wildman–Crippen LogP) is 3.57. The minimum atomic E-state index is -0.0706. The molecule has 0 saturated carbocycles. The Morgan fingerprint density at radius 1 is 1.10 bits per heavy atom. The summed E-state index contributed by atoms with van der Waals surface area (Å²) in [4.78, 5) is 30.0. The lowest BCUT2D eigenvalue weighted by Crippen LogP contribution is -2.41. The summed E-state index contributed by atoms with van der Waals surface area (Å²) in [6.45, 7) is 7.69. The summed E-state index contributed by atoms with van der Waals surface area (Å²) in [6, 6.07) is 5.81. The standard InChI is InChI=1S/C25H39N3O3/c1-19(2)24(30)28-14-7-5-3-4-6-12-26-16-22-15-21(10-11-23(22)28)25(31)27-13-8-9-20(17-27)18-29/h10-11,15,19-20,26,29H,3-9,12-14,16-18H2,1-2H3. The van der Waals surface area contributed by atoms with Gasteiger partial charge in [-0.2, -0.15) is 0 Å². The Morgan fingerprint density at radius 2 is 1.87 bits per heavy atom. The first-order valence-electron chi connectivity index (χ1n) is 12.1. The van der Waals surface area contributed by atoms with Crippen molar-refractivity contribution in [2.75, 3.05) is 37.7 Å². The van der Waals surface area contributed by atoms with Crippen molar-refractivity contribution in [3.63, 3.8) is 0 Å². The first kappa shape index (κ1) is 23.7. The van der Waals surface area contributed by atoms with Crippen LogP contribution in [0.3, 0.4) is 0 Å². The molecule has 0 bridgehead atoms. The molecule has 2 aliphatic heterocycles. The molecule has 31 heavy (non-hydrogen) atoms. The second kappa shape index (κ2) is 11.6. The molecule has 0 radical (unpaired) electrons. The molecule has 1 saturated heterocycles. The largest absolute Gasteiger partial charge is 0.396 e. The maximum atomic E-state index is 13.2. The fourth-order valence-electron chi connectivity index (χ4n) is 4.64. The number of anilines is 1. The Labute approximate surface area is 187 Å². The summed E-state index contributed by atoms with van der Waals surface area (Å²) in [7, 11) is 0. The highest BCUT2D eigenvalue weighted by atomic mass is 16.3. The van der Waals surface area contributed by atoms with Gasteiger partial charge in [-0.3, -0.25) is 9.59 Å². The van der Waals surface area contributed by atoms with Crippen LogP contribution in [0.5, 0.6) is 0 Å². The van der Waals surface area contributed by atoms with Crippen LogP contribution in [-0.2, 0) is 11.3 Å². The normalized spacial score (nSPS) is 21.2. The molecule has 6 heteroatoms. The van der Waals surface area contributed by atoms with Crippen LogP contribution in [0.4, 0.5) is 5.69 Å². The topological polar surface area (TPSA) is 72.9 Å². The van der Waals surface area contributed by atoms with Crippen LogP contribution in [0.15, 0.2) is 18.2 Å². The molecule has 1 unspecified atom stereocenters. The Hall–Kier alpha value is -1.92. The van der Waals surface area contributed by atoms with Crippen molar-refractivity contribution >= 4 is 17.5 Å². The smallest absolute Gasteiger partial charge is 0.253 e. The number of benzene rings is 1. The lowest BCUT2D eigenvalue weighted by atomic mass is 9.97. The molecule has 1 atom stereocenters. The van der Waals surface area contributed by atoms with Gasteiger partial charge in [-0.25, -0.2) is 0 Å². The fraction of sp³-hybridized carbons (Fsp3) is 0.680. The van der Waals surface area contributed by atoms with Gasteiger partial charge < -0.3 is 20.2 Å². The van der Waals surface area contributed by atoms with E-state index < -0.39 is 0 Å². The number of piperidine rings is 1. The number of fused-ring (bicyclic) bond motifs is 1. The van der Waals surface area contributed by atoms with E-state index in [4.69, 9.17) is 0 Å². The summed E-state index contributed by atoms with van der Waals surface area (Å²) >= 11 is 0. The van der Waals surface area contributed by atoms with Gasteiger partial charge >= 0.3 is 0 Å². The average molecular weight is 430 g/mol. The average Bonchev–Trinajstić information content (AvgIpc) is 2.78. The maximum absolute atomic E-state index is 13.2. The Balaban J connectivity index is 1.89. The molecule has 1 aromatic carbocycles. The Kier molecular flexibility index (Phi) is 8.90. The van der Waals surface area contributed by atoms with Crippen LogP contribution >= 0.6 is 0 Å². The first-order chi connectivity index (χ1) is 15.0. The van der Waals surface area contributed by atoms with E-state index in [1.165, 1.54) is 12.8 Å². The third kappa shape index (κ3) is 6.30. The van der Waals surface area contributed by atoms with Crippen LogP contribution in [0.2, 0.25) is 0 Å². The second-order valence-corrected chi connectivity index (χ2v) is 9.37. The van der Waals surface area contributed by atoms with Crippen molar-refractivity contribution in [2.24, 2.45) is 11.8 Å². The van der Waals surface area contributed by atoms with E-state index in [-0.39, 0.29) is 30.3 Å². The second-order valence-electron chi connectivity index (χ2n) is 9.37. The third-order valence-electron chi connectivity index (χ3n) is 6.49. The van der Waals surface area contributed by atoms with Crippen LogP contribution in [0, 0.1) is 11.8 Å². The lowest BCUT2D eigenvalue weighted by Gasteiger charge is -2.32. The van der Waals surface area contributed by atoms with Gasteiger partial charge in [-0.05, 0) is 61.9 Å². The van der Waals surface area contributed by atoms with Crippen molar-refractivity contribution in [1.82, 2.24) is 10.2 Å². The van der Waals surface area contributed by atoms with Gasteiger partial charge in [0.1, 0.15) is 0 Å². The number of aliphatic hydroxyl groups excluding tert-OH is 1. The number of hydrogen-bond acceptors (Lipinski definition) is 4. The number of carbonyl (C=O) groups is 2. The number of rotatable bonds is 3. The minimum absolute atomic E-state index is 0.0220. The minimum Gasteiger partial charge on any atom is -0.396 e. The predicted molar refractivity (Wildman–Crippen MR) is 124 cm³/mol. The van der Waals surface area contributed by atoms with Gasteiger partial charge in [0.25, 0.3) is 5.91 Å². The summed E-state index contributed by atoms with van der Waals surface area (Å²) in [5.74, 6) is 0.259. The number of aliphatic hydroxyl groups is 1. The van der Waals surface area contributed by atoms with E-state index >= 15 is 0 Å². The molecule has 0 spiro atoms. The van der Waals surface area contributed by atoms with Gasteiger partial charge in [0.05, 0.1) is 0 Å².